The van der Waals surface area contributed by atoms with E-state index in [0.717, 1.165) is 6.07 Å². The summed E-state index contributed by atoms with van der Waals surface area (Å²) >= 11 is 0. The molecular formula is C7H5ClF2O2S. The highest BCUT2D eigenvalue weighted by Crippen LogP contribution is 2.21. The molecule has 0 spiro atoms. The molecule has 1 aromatic carbocycles. The molecule has 2 nitrogen and oxygen atoms in total. The van der Waals surface area contributed by atoms with Gasteiger partial charge in [-0.05, 0) is 24.6 Å². The van der Waals surface area contributed by atoms with Gasteiger partial charge in [0.2, 0.25) is 0 Å². The van der Waals surface area contributed by atoms with E-state index in [1.54, 1.807) is 0 Å². The molecule has 0 aromatic heterocycles. The first-order chi connectivity index (χ1) is 5.82. The molecule has 0 aliphatic rings. The first kappa shape index (κ1) is 10.4. The number of hydrogen-bond donors (Lipinski definition) is 0. The zero-order valence-corrected chi connectivity index (χ0v) is 8.09. The van der Waals surface area contributed by atoms with Gasteiger partial charge in [-0.2, -0.15) is 0 Å². The number of rotatable bonds is 1. The highest BCUT2D eigenvalue weighted by Gasteiger charge is 2.18. The smallest absolute Gasteiger partial charge is 0.207 e. The molecular weight excluding hydrogens is 222 g/mol. The van der Waals surface area contributed by atoms with Crippen LogP contribution in [0, 0.1) is 18.6 Å². The van der Waals surface area contributed by atoms with Gasteiger partial charge in [0.15, 0.2) is 0 Å². The van der Waals surface area contributed by atoms with Gasteiger partial charge in [-0.3, -0.25) is 0 Å². The first-order valence-electron chi connectivity index (χ1n) is 3.22. The van der Waals surface area contributed by atoms with Crippen LogP contribution >= 0.6 is 10.7 Å². The van der Waals surface area contributed by atoms with Crippen LogP contribution in [0.1, 0.15) is 5.56 Å². The van der Waals surface area contributed by atoms with Gasteiger partial charge < -0.3 is 0 Å². The Hall–Kier alpha value is -0.680. The minimum atomic E-state index is -4.22. The van der Waals surface area contributed by atoms with E-state index >= 15 is 0 Å². The van der Waals surface area contributed by atoms with Crippen molar-refractivity contribution < 1.29 is 17.2 Å². The zero-order valence-electron chi connectivity index (χ0n) is 6.51. The standard InChI is InChI=1S/C7H5ClF2O2S/c1-4-2-6(10)7(3-5(4)9)13(8,11)12/h2-3H,1H3. The Morgan fingerprint density at radius 2 is 1.77 bits per heavy atom. The maximum Gasteiger partial charge on any atom is 0.264 e. The third kappa shape index (κ3) is 2.16. The van der Waals surface area contributed by atoms with Gasteiger partial charge in [-0.15, -0.1) is 0 Å². The molecule has 1 aromatic rings. The van der Waals surface area contributed by atoms with E-state index < -0.39 is 25.6 Å². The van der Waals surface area contributed by atoms with Crippen LogP contribution < -0.4 is 0 Å². The average Bonchev–Trinajstić information content (AvgIpc) is 1.94. The summed E-state index contributed by atoms with van der Waals surface area (Å²) in [6, 6.07) is 1.34. The van der Waals surface area contributed by atoms with Crippen molar-refractivity contribution in [3.05, 3.63) is 29.3 Å². The van der Waals surface area contributed by atoms with Crippen LogP contribution in [-0.2, 0) is 9.05 Å². The third-order valence-electron chi connectivity index (χ3n) is 1.48. The zero-order chi connectivity index (χ0) is 10.2. The Labute approximate surface area is 78.6 Å². The molecule has 0 saturated carbocycles. The molecule has 0 amide bonds. The summed E-state index contributed by atoms with van der Waals surface area (Å²) in [6.07, 6.45) is 0. The Bertz CT molecular complexity index is 442. The Morgan fingerprint density at radius 3 is 2.23 bits per heavy atom. The molecule has 0 aliphatic carbocycles. The minimum Gasteiger partial charge on any atom is -0.207 e. The molecule has 0 aliphatic heterocycles. The second-order valence-corrected chi connectivity index (χ2v) is 5.00. The number of aryl methyl sites for hydroxylation is 1. The van der Waals surface area contributed by atoms with Crippen LogP contribution in [0.3, 0.4) is 0 Å². The van der Waals surface area contributed by atoms with Crippen LogP contribution in [0.15, 0.2) is 17.0 Å². The lowest BCUT2D eigenvalue weighted by Crippen LogP contribution is -1.98. The first-order valence-corrected chi connectivity index (χ1v) is 5.53. The van der Waals surface area contributed by atoms with Crippen molar-refractivity contribution in [3.63, 3.8) is 0 Å². The van der Waals surface area contributed by atoms with Gasteiger partial charge in [-0.1, -0.05) is 0 Å². The van der Waals surface area contributed by atoms with Crippen molar-refractivity contribution in [2.24, 2.45) is 0 Å². The molecule has 6 heteroatoms. The molecule has 13 heavy (non-hydrogen) atoms. The summed E-state index contributed by atoms with van der Waals surface area (Å²) in [5.41, 5.74) is 0.0292. The lowest BCUT2D eigenvalue weighted by atomic mass is 10.2. The third-order valence-corrected chi connectivity index (χ3v) is 2.81. The SMILES string of the molecule is Cc1cc(F)c(S(=O)(=O)Cl)cc1F. The summed E-state index contributed by atoms with van der Waals surface area (Å²) in [5.74, 6) is -1.85. The van der Waals surface area contributed by atoms with Crippen LogP contribution in [0.5, 0.6) is 0 Å². The van der Waals surface area contributed by atoms with E-state index in [9.17, 15) is 17.2 Å². The molecule has 0 heterocycles. The molecule has 0 unspecified atom stereocenters. The monoisotopic (exact) mass is 226 g/mol. The van der Waals surface area contributed by atoms with Gasteiger partial charge in [0.1, 0.15) is 16.5 Å². The molecule has 1 rings (SSSR count). The van der Waals surface area contributed by atoms with Crippen molar-refractivity contribution in [2.45, 2.75) is 11.8 Å². The summed E-state index contributed by atoms with van der Waals surface area (Å²) in [5, 5.41) is 0. The predicted octanol–water partition coefficient (Wildman–Crippen LogP) is 2.20. The van der Waals surface area contributed by atoms with Crippen molar-refractivity contribution in [2.75, 3.05) is 0 Å². The predicted molar refractivity (Wildman–Crippen MR) is 44.1 cm³/mol. The van der Waals surface area contributed by atoms with E-state index in [-0.39, 0.29) is 5.56 Å². The lowest BCUT2D eigenvalue weighted by Gasteiger charge is -2.01. The van der Waals surface area contributed by atoms with Gasteiger partial charge in [-0.25, -0.2) is 17.2 Å². The Morgan fingerprint density at radius 1 is 1.23 bits per heavy atom. The van der Waals surface area contributed by atoms with E-state index in [1.165, 1.54) is 6.92 Å². The van der Waals surface area contributed by atoms with E-state index in [4.69, 9.17) is 10.7 Å². The average molecular weight is 227 g/mol. The van der Waals surface area contributed by atoms with Crippen molar-refractivity contribution in [1.82, 2.24) is 0 Å². The normalized spacial score (nSPS) is 11.7. The second-order valence-electron chi connectivity index (χ2n) is 2.47. The fraction of sp³-hybridized carbons (Fsp3) is 0.143. The largest absolute Gasteiger partial charge is 0.264 e. The van der Waals surface area contributed by atoms with Gasteiger partial charge in [0, 0.05) is 10.7 Å². The molecule has 0 atom stereocenters. The molecule has 0 bridgehead atoms. The molecule has 0 saturated heterocycles. The van der Waals surface area contributed by atoms with Crippen molar-refractivity contribution >= 4 is 19.7 Å². The minimum absolute atomic E-state index is 0.0292. The van der Waals surface area contributed by atoms with E-state index in [1.807, 2.05) is 0 Å². The maximum absolute atomic E-state index is 12.9. The van der Waals surface area contributed by atoms with E-state index in [2.05, 4.69) is 0 Å². The van der Waals surface area contributed by atoms with Crippen LogP contribution in [0.25, 0.3) is 0 Å². The lowest BCUT2D eigenvalue weighted by molar-refractivity contribution is 0.555. The topological polar surface area (TPSA) is 34.1 Å². The van der Waals surface area contributed by atoms with E-state index in [0.29, 0.717) is 6.07 Å². The number of benzene rings is 1. The molecule has 72 valence electrons. The number of halogens is 3. The summed E-state index contributed by atoms with van der Waals surface area (Å²) in [7, 11) is 0.638. The van der Waals surface area contributed by atoms with Gasteiger partial charge in [0.05, 0.1) is 0 Å². The summed E-state index contributed by atoms with van der Waals surface area (Å²) < 4.78 is 47.0. The molecule has 0 N–H and O–H groups in total. The highest BCUT2D eigenvalue weighted by molar-refractivity contribution is 8.13. The summed E-state index contributed by atoms with van der Waals surface area (Å²) in [4.78, 5) is -0.836. The molecule has 0 radical (unpaired) electrons. The summed E-state index contributed by atoms with van der Waals surface area (Å²) in [6.45, 7) is 1.32. The highest BCUT2D eigenvalue weighted by atomic mass is 35.7. The number of hydrogen-bond acceptors (Lipinski definition) is 2. The fourth-order valence-corrected chi connectivity index (χ4v) is 1.71. The van der Waals surface area contributed by atoms with Crippen LogP contribution in [-0.4, -0.2) is 8.42 Å². The quantitative estimate of drug-likeness (QED) is 0.688. The van der Waals surface area contributed by atoms with Gasteiger partial charge >= 0.3 is 0 Å². The van der Waals surface area contributed by atoms with Gasteiger partial charge in [0.25, 0.3) is 9.05 Å². The van der Waals surface area contributed by atoms with Crippen molar-refractivity contribution in [1.29, 1.82) is 0 Å². The maximum atomic E-state index is 12.9. The molecule has 0 fully saturated rings. The second kappa shape index (κ2) is 3.23. The Balaban J connectivity index is 3.50. The van der Waals surface area contributed by atoms with Crippen LogP contribution in [0.4, 0.5) is 8.78 Å². The fourth-order valence-electron chi connectivity index (χ4n) is 0.815. The van der Waals surface area contributed by atoms with Crippen LogP contribution in [0.2, 0.25) is 0 Å². The Kier molecular flexibility index (Phi) is 2.58. The van der Waals surface area contributed by atoms with Crippen molar-refractivity contribution in [3.8, 4) is 0 Å².